The van der Waals surface area contributed by atoms with Crippen LogP contribution in [-0.2, 0) is 11.8 Å². The van der Waals surface area contributed by atoms with Gasteiger partial charge in [0.05, 0.1) is 27.2 Å². The second-order valence-corrected chi connectivity index (χ2v) is 7.72. The summed E-state index contributed by atoms with van der Waals surface area (Å²) in [5.41, 5.74) is 1.40. The van der Waals surface area contributed by atoms with Crippen molar-refractivity contribution in [2.75, 3.05) is 18.9 Å². The lowest BCUT2D eigenvalue weighted by atomic mass is 10.3. The molecule has 1 aromatic carbocycles. The summed E-state index contributed by atoms with van der Waals surface area (Å²) in [5.74, 6) is -0.534. The molecule has 0 aliphatic heterocycles. The van der Waals surface area contributed by atoms with Gasteiger partial charge in [-0.2, -0.15) is 5.10 Å². The minimum absolute atomic E-state index is 0.0788. The van der Waals surface area contributed by atoms with Crippen LogP contribution in [0.3, 0.4) is 0 Å². The molecule has 0 unspecified atom stereocenters. The van der Waals surface area contributed by atoms with Gasteiger partial charge >= 0.3 is 0 Å². The van der Waals surface area contributed by atoms with Crippen molar-refractivity contribution >= 4 is 62.3 Å². The van der Waals surface area contributed by atoms with E-state index >= 15 is 0 Å². The summed E-state index contributed by atoms with van der Waals surface area (Å²) in [7, 11) is 3.43. The Kier molecular flexibility index (Phi) is 5.22. The summed E-state index contributed by atoms with van der Waals surface area (Å²) in [6, 6.07) is 6.63. The van der Waals surface area contributed by atoms with Crippen molar-refractivity contribution in [3.8, 4) is 0 Å². The average Bonchev–Trinajstić information content (AvgIpc) is 3.12. The standard InChI is InChI=1S/C17H16Cl2N4O2S/c1-9-11-7-14(26-17(11)23(3)21-9)16(25)22(2)8-15(24)20-10-4-5-12(18)13(19)6-10/h4-7H,8H2,1-3H3,(H,20,24). The van der Waals surface area contributed by atoms with Crippen LogP contribution in [0.1, 0.15) is 15.4 Å². The summed E-state index contributed by atoms with van der Waals surface area (Å²) in [4.78, 5) is 27.7. The molecule has 26 heavy (non-hydrogen) atoms. The molecule has 3 rings (SSSR count). The largest absolute Gasteiger partial charge is 0.332 e. The van der Waals surface area contributed by atoms with E-state index in [9.17, 15) is 9.59 Å². The maximum atomic E-state index is 12.6. The van der Waals surface area contributed by atoms with Crippen LogP contribution < -0.4 is 5.32 Å². The third kappa shape index (κ3) is 3.70. The van der Waals surface area contributed by atoms with Crippen LogP contribution in [0.2, 0.25) is 10.0 Å². The van der Waals surface area contributed by atoms with E-state index in [-0.39, 0.29) is 18.4 Å². The number of hydrogen-bond donors (Lipinski definition) is 1. The minimum Gasteiger partial charge on any atom is -0.332 e. The van der Waals surface area contributed by atoms with Gasteiger partial charge in [0.15, 0.2) is 0 Å². The van der Waals surface area contributed by atoms with E-state index in [0.717, 1.165) is 15.9 Å². The lowest BCUT2D eigenvalue weighted by molar-refractivity contribution is -0.116. The van der Waals surface area contributed by atoms with Crippen molar-refractivity contribution in [1.29, 1.82) is 0 Å². The van der Waals surface area contributed by atoms with Gasteiger partial charge < -0.3 is 10.2 Å². The van der Waals surface area contributed by atoms with Gasteiger partial charge in [0.25, 0.3) is 5.91 Å². The molecule has 2 heterocycles. The summed E-state index contributed by atoms with van der Waals surface area (Å²) in [6.07, 6.45) is 0. The zero-order valence-corrected chi connectivity index (χ0v) is 16.7. The fraction of sp³-hybridized carbons (Fsp3) is 0.235. The molecule has 0 fully saturated rings. The first-order chi connectivity index (χ1) is 12.3. The number of aryl methyl sites for hydroxylation is 2. The second kappa shape index (κ2) is 7.26. The predicted octanol–water partition coefficient (Wildman–Crippen LogP) is 3.96. The predicted molar refractivity (Wildman–Crippen MR) is 105 cm³/mol. The first-order valence-corrected chi connectivity index (χ1v) is 9.27. The lowest BCUT2D eigenvalue weighted by Gasteiger charge is -2.16. The number of nitrogens with zero attached hydrogens (tertiary/aromatic N) is 3. The Morgan fingerprint density at radius 3 is 2.65 bits per heavy atom. The van der Waals surface area contributed by atoms with E-state index in [0.29, 0.717) is 20.6 Å². The molecule has 136 valence electrons. The Hall–Kier alpha value is -2.09. The summed E-state index contributed by atoms with van der Waals surface area (Å²) < 4.78 is 1.75. The summed E-state index contributed by atoms with van der Waals surface area (Å²) in [6.45, 7) is 1.82. The van der Waals surface area contributed by atoms with Crippen molar-refractivity contribution in [1.82, 2.24) is 14.7 Å². The molecule has 6 nitrogen and oxygen atoms in total. The molecule has 0 saturated heterocycles. The molecule has 9 heteroatoms. The molecule has 0 spiro atoms. The number of anilines is 1. The number of rotatable bonds is 4. The van der Waals surface area contributed by atoms with Crippen LogP contribution in [0.4, 0.5) is 5.69 Å². The van der Waals surface area contributed by atoms with E-state index < -0.39 is 0 Å². The first kappa shape index (κ1) is 18.7. The molecule has 1 N–H and O–H groups in total. The van der Waals surface area contributed by atoms with Gasteiger partial charge in [-0.1, -0.05) is 23.2 Å². The number of benzene rings is 1. The third-order valence-electron chi connectivity index (χ3n) is 3.84. The number of thiophene rings is 1. The highest BCUT2D eigenvalue weighted by atomic mass is 35.5. The number of nitrogens with one attached hydrogen (secondary N) is 1. The van der Waals surface area contributed by atoms with Crippen LogP contribution in [0, 0.1) is 6.92 Å². The fourth-order valence-corrected chi connectivity index (χ4v) is 3.98. The van der Waals surface area contributed by atoms with E-state index in [2.05, 4.69) is 10.4 Å². The molecule has 2 amide bonds. The first-order valence-electron chi connectivity index (χ1n) is 7.69. The smallest absolute Gasteiger partial charge is 0.264 e. The summed E-state index contributed by atoms with van der Waals surface area (Å²) in [5, 5.41) is 8.73. The topological polar surface area (TPSA) is 67.2 Å². The molecule has 3 aromatic rings. The quantitative estimate of drug-likeness (QED) is 0.707. The van der Waals surface area contributed by atoms with Crippen LogP contribution in [-0.4, -0.2) is 40.1 Å². The Morgan fingerprint density at radius 2 is 2.00 bits per heavy atom. The van der Waals surface area contributed by atoms with Crippen molar-refractivity contribution in [2.24, 2.45) is 7.05 Å². The van der Waals surface area contributed by atoms with E-state index in [4.69, 9.17) is 23.2 Å². The van der Waals surface area contributed by atoms with Gasteiger partial charge in [0.2, 0.25) is 5.91 Å². The zero-order chi connectivity index (χ0) is 19.0. The monoisotopic (exact) mass is 410 g/mol. The van der Waals surface area contributed by atoms with Crippen molar-refractivity contribution < 1.29 is 9.59 Å². The van der Waals surface area contributed by atoms with Crippen LogP contribution in [0.25, 0.3) is 10.2 Å². The number of carbonyl (C=O) groups excluding carboxylic acids is 2. The SMILES string of the molecule is Cc1nn(C)c2sc(C(=O)N(C)CC(=O)Nc3ccc(Cl)c(Cl)c3)cc12. The molecule has 0 aliphatic carbocycles. The number of fused-ring (bicyclic) bond motifs is 1. The van der Waals surface area contributed by atoms with E-state index in [1.165, 1.54) is 16.2 Å². The fourth-order valence-electron chi connectivity index (χ4n) is 2.56. The molecular weight excluding hydrogens is 395 g/mol. The Labute approximate surface area is 164 Å². The molecule has 0 bridgehead atoms. The third-order valence-corrected chi connectivity index (χ3v) is 5.77. The molecular formula is C17H16Cl2N4O2S. The van der Waals surface area contributed by atoms with Gasteiger partial charge in [-0.3, -0.25) is 14.3 Å². The number of amides is 2. The number of hydrogen-bond acceptors (Lipinski definition) is 4. The normalized spacial score (nSPS) is 11.0. The highest BCUT2D eigenvalue weighted by Gasteiger charge is 2.20. The maximum Gasteiger partial charge on any atom is 0.264 e. The van der Waals surface area contributed by atoms with Gasteiger partial charge in [0.1, 0.15) is 4.83 Å². The van der Waals surface area contributed by atoms with Gasteiger partial charge in [-0.25, -0.2) is 0 Å². The van der Waals surface area contributed by atoms with Gasteiger partial charge in [-0.15, -0.1) is 11.3 Å². The Morgan fingerprint density at radius 1 is 1.27 bits per heavy atom. The highest BCUT2D eigenvalue weighted by Crippen LogP contribution is 2.28. The minimum atomic E-state index is -0.321. The Bertz CT molecular complexity index is 977. The molecule has 0 saturated carbocycles. The molecule has 0 radical (unpaired) electrons. The van der Waals surface area contributed by atoms with Gasteiger partial charge in [0, 0.05) is 25.2 Å². The maximum absolute atomic E-state index is 12.6. The van der Waals surface area contributed by atoms with Crippen molar-refractivity contribution in [3.63, 3.8) is 0 Å². The average molecular weight is 411 g/mol. The number of halogens is 2. The van der Waals surface area contributed by atoms with Crippen molar-refractivity contribution in [2.45, 2.75) is 6.92 Å². The highest BCUT2D eigenvalue weighted by molar-refractivity contribution is 7.20. The lowest BCUT2D eigenvalue weighted by Crippen LogP contribution is -2.34. The molecule has 0 atom stereocenters. The molecule has 0 aliphatic rings. The second-order valence-electron chi connectivity index (χ2n) is 5.88. The summed E-state index contributed by atoms with van der Waals surface area (Å²) >= 11 is 13.1. The van der Waals surface area contributed by atoms with E-state index in [1.807, 2.05) is 20.0 Å². The van der Waals surface area contributed by atoms with E-state index in [1.54, 1.807) is 29.9 Å². The molecule has 2 aromatic heterocycles. The number of aromatic nitrogens is 2. The van der Waals surface area contributed by atoms with Crippen LogP contribution >= 0.6 is 34.5 Å². The van der Waals surface area contributed by atoms with Crippen molar-refractivity contribution in [3.05, 3.63) is 44.9 Å². The Balaban J connectivity index is 1.68. The zero-order valence-electron chi connectivity index (χ0n) is 14.3. The van der Waals surface area contributed by atoms with Crippen LogP contribution in [0.15, 0.2) is 24.3 Å². The van der Waals surface area contributed by atoms with Gasteiger partial charge in [-0.05, 0) is 31.2 Å². The number of carbonyl (C=O) groups is 2. The van der Waals surface area contributed by atoms with Crippen LogP contribution in [0.5, 0.6) is 0 Å². The number of likely N-dealkylation sites (N-methyl/N-ethyl adjacent to an activating group) is 1.